The lowest BCUT2D eigenvalue weighted by Gasteiger charge is -2.03. The Morgan fingerprint density at radius 1 is 0.341 bits per heavy atom. The predicted molar refractivity (Wildman–Crippen MR) is 382 cm³/mol. The second kappa shape index (κ2) is 51.8. The minimum Gasteiger partial charge on any atom is -0.464 e. The van der Waals surface area contributed by atoms with Gasteiger partial charge in [-0.25, -0.2) is 8.78 Å². The van der Waals surface area contributed by atoms with Gasteiger partial charge in [0, 0.05) is 52.1 Å². The molecule has 10 rings (SSSR count). The summed E-state index contributed by atoms with van der Waals surface area (Å²) in [7, 11) is 0. The zero-order valence-corrected chi connectivity index (χ0v) is 58.0. The summed E-state index contributed by atoms with van der Waals surface area (Å²) in [4.78, 5) is 8.03. The van der Waals surface area contributed by atoms with Gasteiger partial charge >= 0.3 is 0 Å². The summed E-state index contributed by atoms with van der Waals surface area (Å²) >= 11 is 11.0. The third-order valence-corrected chi connectivity index (χ3v) is 16.8. The smallest absolute Gasteiger partial charge is 0.134 e. The van der Waals surface area contributed by atoms with Crippen molar-refractivity contribution < 1.29 is 22.0 Å². The van der Waals surface area contributed by atoms with Crippen molar-refractivity contribution >= 4 is 69.7 Å². The molecule has 11 heteroatoms. The molecule has 0 aliphatic rings. The van der Waals surface area contributed by atoms with Gasteiger partial charge in [0.1, 0.15) is 28.9 Å². The highest BCUT2D eigenvalue weighted by atomic mass is 32.2. The molecule has 460 valence electrons. The Kier molecular flexibility index (Phi) is 47.3. The van der Waals surface area contributed by atoms with Gasteiger partial charge in [-0.15, -0.1) is 69.7 Å². The van der Waals surface area contributed by atoms with Crippen molar-refractivity contribution in [3.8, 4) is 54.9 Å². The molecule has 0 fully saturated rings. The summed E-state index contributed by atoms with van der Waals surface area (Å²) in [6.45, 7) is 24.5. The maximum Gasteiger partial charge on any atom is 0.134 e. The van der Waals surface area contributed by atoms with Crippen molar-refractivity contribution in [2.24, 2.45) is 0 Å². The first kappa shape index (κ1) is 77.6. The molecule has 3 nitrogen and oxygen atoms in total. The van der Waals surface area contributed by atoms with Crippen LogP contribution in [0.2, 0.25) is 0 Å². The summed E-state index contributed by atoms with van der Waals surface area (Å²) < 4.78 is 41.1. The second-order valence-electron chi connectivity index (χ2n) is 16.9. The molecule has 10 aromatic rings. The minimum absolute atomic E-state index is 0.405. The number of furan rings is 3. The van der Waals surface area contributed by atoms with Gasteiger partial charge in [-0.05, 0) is 168 Å². The first-order chi connectivity index (χ1) is 41.8. The quantitative estimate of drug-likeness (QED) is 0.0590. The summed E-state index contributed by atoms with van der Waals surface area (Å²) in [6.07, 6.45) is 19.8. The van der Waals surface area contributed by atoms with Crippen molar-refractivity contribution in [3.05, 3.63) is 217 Å². The van der Waals surface area contributed by atoms with E-state index in [1.54, 1.807) is 70.9 Å². The summed E-state index contributed by atoms with van der Waals surface area (Å²) in [6, 6.07) is 57.5. The van der Waals surface area contributed by atoms with Crippen LogP contribution >= 0.6 is 69.7 Å². The maximum absolute atomic E-state index is 12.7. The molecular formula is C74H96F2O3S6. The molecule has 5 aromatic heterocycles. The van der Waals surface area contributed by atoms with Crippen molar-refractivity contribution in [1.82, 2.24) is 0 Å². The van der Waals surface area contributed by atoms with Crippen LogP contribution in [0.4, 0.5) is 8.78 Å². The van der Waals surface area contributed by atoms with Crippen molar-refractivity contribution in [3.63, 3.8) is 0 Å². The van der Waals surface area contributed by atoms with Crippen LogP contribution in [0.15, 0.2) is 238 Å². The lowest BCUT2D eigenvalue weighted by atomic mass is 10.1. The number of benzene rings is 5. The molecule has 5 heterocycles. The van der Waals surface area contributed by atoms with E-state index in [0.29, 0.717) is 11.3 Å². The van der Waals surface area contributed by atoms with Gasteiger partial charge in [0.15, 0.2) is 0 Å². The van der Waals surface area contributed by atoms with Crippen LogP contribution in [0.5, 0.6) is 0 Å². The van der Waals surface area contributed by atoms with E-state index >= 15 is 0 Å². The molecule has 0 atom stereocenters. The third-order valence-electron chi connectivity index (χ3n) is 11.3. The van der Waals surface area contributed by atoms with Gasteiger partial charge in [0.05, 0.1) is 18.8 Å². The number of thiophene rings is 2. The number of hydrogen-bond acceptors (Lipinski definition) is 9. The third kappa shape index (κ3) is 32.2. The van der Waals surface area contributed by atoms with Crippen LogP contribution in [-0.4, -0.2) is 24.0 Å². The molecular weight excluding hydrogens is 1170 g/mol. The molecule has 0 radical (unpaired) electrons. The lowest BCUT2D eigenvalue weighted by Crippen LogP contribution is -1.81. The number of thioether (sulfide) groups is 4. The molecule has 0 spiro atoms. The molecule has 5 aromatic carbocycles. The van der Waals surface area contributed by atoms with Crippen molar-refractivity contribution in [2.75, 3.05) is 24.0 Å². The Balaban J connectivity index is 0.000000515. The van der Waals surface area contributed by atoms with Crippen molar-refractivity contribution in [2.45, 2.75) is 154 Å². The lowest BCUT2D eigenvalue weighted by molar-refractivity contribution is 0.569. The first-order valence-corrected chi connectivity index (χ1v) is 36.4. The van der Waals surface area contributed by atoms with E-state index in [1.807, 2.05) is 117 Å². The van der Waals surface area contributed by atoms with E-state index in [-0.39, 0.29) is 0 Å². The normalized spacial score (nSPS) is 9.60. The standard InChI is InChI=1S/C16H20OS.C16H20S2.C11H10OS.C11H10S2.C10H6F2O.5C2H6/c1-2-3-4-5-13-18-15-10-8-14(9-11-15)16-7-6-12-17-16;1-2-3-4-5-12-17-15-10-8-14(9-11-15)16-7-6-13-18-16;1-13-10-6-4-9(5-7-10)11-3-2-8-12-11;1-12-10-6-4-9(5-7-10)11-3-2-8-13-11;11-8-4-7(5-9(12)6-8)10-2-1-3-13-10;5*1-2/h6-12H,2-5,13H2,1H3;6-11,13H,2-5,12H2,1H3;2*2-8H,1H3;1-6H;5*1-2H3. The monoisotopic (exact) mass is 1260 g/mol. The van der Waals surface area contributed by atoms with Crippen LogP contribution in [-0.2, 0) is 0 Å². The Bertz CT molecular complexity index is 2770. The zero-order chi connectivity index (χ0) is 62.7. The first-order valence-electron chi connectivity index (χ1n) is 30.2. The van der Waals surface area contributed by atoms with E-state index in [9.17, 15) is 8.78 Å². The van der Waals surface area contributed by atoms with E-state index in [4.69, 9.17) is 13.3 Å². The Morgan fingerprint density at radius 3 is 0.941 bits per heavy atom. The Labute approximate surface area is 537 Å². The van der Waals surface area contributed by atoms with E-state index in [2.05, 4.69) is 158 Å². The average molecular weight is 1260 g/mol. The Morgan fingerprint density at radius 2 is 0.659 bits per heavy atom. The highest BCUT2D eigenvalue weighted by Crippen LogP contribution is 2.30. The SMILES string of the molecule is CC.CC.CC.CC.CC.CCCCCCSc1ccc(-c2ccco2)cc1.CCCCCCSc1ccc(-c2cccs2)cc1.CSc1ccc(-c2ccco2)cc1.CSc1ccc(-c2cccs2)cc1.Fc1cc(F)cc(-c2ccco2)c1. The highest BCUT2D eigenvalue weighted by Gasteiger charge is 2.06. The molecule has 0 N–H and O–H groups in total. The molecule has 0 saturated carbocycles. The largest absolute Gasteiger partial charge is 0.464 e. The van der Waals surface area contributed by atoms with Crippen LogP contribution in [0.1, 0.15) is 134 Å². The van der Waals surface area contributed by atoms with Gasteiger partial charge in [0.2, 0.25) is 0 Å². The molecule has 85 heavy (non-hydrogen) atoms. The number of rotatable bonds is 19. The fourth-order valence-corrected chi connectivity index (χ4v) is 11.4. The minimum atomic E-state index is -0.605. The van der Waals surface area contributed by atoms with E-state index in [1.165, 1.54) is 122 Å². The van der Waals surface area contributed by atoms with E-state index < -0.39 is 11.6 Å². The summed E-state index contributed by atoms with van der Waals surface area (Å²) in [5.41, 5.74) is 5.33. The molecule has 0 unspecified atom stereocenters. The second-order valence-corrected chi connectivity index (χ2v) is 22.9. The van der Waals surface area contributed by atoms with E-state index in [0.717, 1.165) is 28.7 Å². The van der Waals surface area contributed by atoms with Gasteiger partial charge in [-0.3, -0.25) is 0 Å². The van der Waals surface area contributed by atoms with Gasteiger partial charge in [-0.1, -0.05) is 182 Å². The highest BCUT2D eigenvalue weighted by molar-refractivity contribution is 7.99. The number of hydrogen-bond donors (Lipinski definition) is 0. The molecule has 0 aliphatic carbocycles. The molecule has 0 saturated heterocycles. The number of unbranched alkanes of at least 4 members (excludes halogenated alkanes) is 6. The maximum atomic E-state index is 12.7. The predicted octanol–water partition coefficient (Wildman–Crippen LogP) is 27.9. The Hall–Kier alpha value is -5.40. The van der Waals surface area contributed by atoms with Crippen LogP contribution < -0.4 is 0 Å². The fraction of sp³-hybridized carbons (Fsp3) is 0.324. The van der Waals surface area contributed by atoms with Gasteiger partial charge < -0.3 is 13.3 Å². The average Bonchev–Trinajstić information content (AvgIpc) is 4.48. The molecule has 0 aliphatic heterocycles. The zero-order valence-electron chi connectivity index (χ0n) is 53.1. The molecule has 0 bridgehead atoms. The molecule has 0 amide bonds. The summed E-state index contributed by atoms with van der Waals surface area (Å²) in [5.74, 6) is 3.58. The van der Waals surface area contributed by atoms with Crippen molar-refractivity contribution in [1.29, 1.82) is 0 Å². The fourth-order valence-electron chi connectivity index (χ4n) is 7.29. The van der Waals surface area contributed by atoms with Gasteiger partial charge in [0.25, 0.3) is 0 Å². The summed E-state index contributed by atoms with van der Waals surface area (Å²) in [5, 5.41) is 4.24. The topological polar surface area (TPSA) is 39.4 Å². The van der Waals surface area contributed by atoms with Crippen LogP contribution in [0, 0.1) is 11.6 Å². The van der Waals surface area contributed by atoms with Crippen LogP contribution in [0.25, 0.3) is 54.9 Å². The number of halogens is 2. The van der Waals surface area contributed by atoms with Crippen LogP contribution in [0.3, 0.4) is 0 Å². The van der Waals surface area contributed by atoms with Gasteiger partial charge in [-0.2, -0.15) is 0 Å².